The summed E-state index contributed by atoms with van der Waals surface area (Å²) in [6.07, 6.45) is 1.07. The van der Waals surface area contributed by atoms with Gasteiger partial charge in [-0.1, -0.05) is 62.2 Å². The van der Waals surface area contributed by atoms with Crippen LogP contribution >= 0.6 is 11.6 Å². The average Bonchev–Trinajstić information content (AvgIpc) is 2.59. The molecule has 0 aliphatic heterocycles. The number of halogens is 1. The van der Waals surface area contributed by atoms with Crippen LogP contribution in [0.4, 0.5) is 0 Å². The van der Waals surface area contributed by atoms with E-state index in [9.17, 15) is 0 Å². The van der Waals surface area contributed by atoms with Gasteiger partial charge in [-0.2, -0.15) is 0 Å². The lowest BCUT2D eigenvalue weighted by Gasteiger charge is -2.33. The fourth-order valence-corrected chi connectivity index (χ4v) is 3.98. The molecule has 0 aliphatic carbocycles. The van der Waals surface area contributed by atoms with Crippen molar-refractivity contribution in [3.05, 3.63) is 58.1 Å². The highest BCUT2D eigenvalue weighted by Crippen LogP contribution is 2.37. The van der Waals surface area contributed by atoms with Gasteiger partial charge in [0.1, 0.15) is 6.61 Å². The Balaban J connectivity index is 2.13. The molecule has 2 aromatic rings. The summed E-state index contributed by atoms with van der Waals surface area (Å²) in [5.41, 5.74) is 3.70. The molecule has 1 N–H and O–H groups in total. The van der Waals surface area contributed by atoms with Gasteiger partial charge in [-0.3, -0.25) is 0 Å². The number of hydrogen-bond donors (Lipinski definition) is 1. The van der Waals surface area contributed by atoms with E-state index in [0.29, 0.717) is 29.7 Å². The molecular weight excluding hydrogens is 382 g/mol. The van der Waals surface area contributed by atoms with Gasteiger partial charge in [0.05, 0.1) is 11.6 Å². The topological polar surface area (TPSA) is 30.5 Å². The summed E-state index contributed by atoms with van der Waals surface area (Å²) in [4.78, 5) is 0. The molecular formula is C25H36ClNO2. The molecule has 0 saturated heterocycles. The predicted molar refractivity (Wildman–Crippen MR) is 123 cm³/mol. The Bertz CT molecular complexity index is 792. The van der Waals surface area contributed by atoms with Crippen LogP contribution in [0.15, 0.2) is 36.4 Å². The van der Waals surface area contributed by atoms with Gasteiger partial charge < -0.3 is 14.8 Å². The van der Waals surface area contributed by atoms with Crippen LogP contribution in [-0.4, -0.2) is 12.1 Å². The SMILES string of the molecule is CCOc1cc(CNC(C)(C)CC(C)(C)C)cc(Cl)c1OCc1ccc(C)cc1. The second kappa shape index (κ2) is 9.86. The second-order valence-electron chi connectivity index (χ2n) is 9.59. The Morgan fingerprint density at radius 2 is 1.59 bits per heavy atom. The van der Waals surface area contributed by atoms with Gasteiger partial charge in [-0.25, -0.2) is 0 Å². The number of rotatable bonds is 9. The maximum absolute atomic E-state index is 6.59. The number of nitrogens with one attached hydrogen (secondary N) is 1. The van der Waals surface area contributed by atoms with Gasteiger partial charge in [0.25, 0.3) is 0 Å². The Labute approximate surface area is 181 Å². The summed E-state index contributed by atoms with van der Waals surface area (Å²) in [6, 6.07) is 12.3. The molecule has 160 valence electrons. The molecule has 0 bridgehead atoms. The number of benzene rings is 2. The van der Waals surface area contributed by atoms with Crippen LogP contribution in [0.5, 0.6) is 11.5 Å². The minimum Gasteiger partial charge on any atom is -0.490 e. The molecule has 29 heavy (non-hydrogen) atoms. The van der Waals surface area contributed by atoms with Crippen molar-refractivity contribution >= 4 is 11.6 Å². The first kappa shape index (κ1) is 23.6. The van der Waals surface area contributed by atoms with E-state index < -0.39 is 0 Å². The van der Waals surface area contributed by atoms with Gasteiger partial charge in [-0.05, 0) is 62.8 Å². The van der Waals surface area contributed by atoms with Crippen LogP contribution in [0.3, 0.4) is 0 Å². The Hall–Kier alpha value is -1.71. The molecule has 0 amide bonds. The summed E-state index contributed by atoms with van der Waals surface area (Å²) in [6.45, 7) is 17.0. The van der Waals surface area contributed by atoms with Crippen LogP contribution in [-0.2, 0) is 13.2 Å². The van der Waals surface area contributed by atoms with Crippen molar-refractivity contribution in [3.63, 3.8) is 0 Å². The lowest BCUT2D eigenvalue weighted by molar-refractivity contribution is 0.240. The molecule has 0 atom stereocenters. The summed E-state index contributed by atoms with van der Waals surface area (Å²) in [5.74, 6) is 1.30. The quantitative estimate of drug-likeness (QED) is 0.479. The third-order valence-corrected chi connectivity index (χ3v) is 4.90. The number of hydrogen-bond acceptors (Lipinski definition) is 3. The van der Waals surface area contributed by atoms with Crippen molar-refractivity contribution in [1.29, 1.82) is 0 Å². The van der Waals surface area contributed by atoms with Gasteiger partial charge in [0, 0.05) is 12.1 Å². The lowest BCUT2D eigenvalue weighted by atomic mass is 9.82. The van der Waals surface area contributed by atoms with E-state index in [2.05, 4.69) is 71.1 Å². The fourth-order valence-electron chi connectivity index (χ4n) is 3.70. The third kappa shape index (κ3) is 7.91. The molecule has 2 aromatic carbocycles. The summed E-state index contributed by atoms with van der Waals surface area (Å²) >= 11 is 6.59. The smallest absolute Gasteiger partial charge is 0.180 e. The molecule has 0 heterocycles. The monoisotopic (exact) mass is 417 g/mol. The van der Waals surface area contributed by atoms with E-state index in [-0.39, 0.29) is 11.0 Å². The van der Waals surface area contributed by atoms with Gasteiger partial charge >= 0.3 is 0 Å². The minimum atomic E-state index is 0.0249. The molecule has 4 heteroatoms. The van der Waals surface area contributed by atoms with E-state index in [4.69, 9.17) is 21.1 Å². The Morgan fingerprint density at radius 3 is 2.17 bits per heavy atom. The van der Waals surface area contributed by atoms with Crippen molar-refractivity contribution < 1.29 is 9.47 Å². The lowest BCUT2D eigenvalue weighted by Crippen LogP contribution is -2.41. The van der Waals surface area contributed by atoms with Crippen LogP contribution in [0.25, 0.3) is 0 Å². The van der Waals surface area contributed by atoms with Crippen molar-refractivity contribution in [2.45, 2.75) is 73.6 Å². The molecule has 2 rings (SSSR count). The van der Waals surface area contributed by atoms with Crippen molar-refractivity contribution in [3.8, 4) is 11.5 Å². The molecule has 0 aromatic heterocycles. The maximum atomic E-state index is 6.59. The van der Waals surface area contributed by atoms with Gasteiger partial charge in [0.2, 0.25) is 0 Å². The molecule has 3 nitrogen and oxygen atoms in total. The van der Waals surface area contributed by atoms with Gasteiger partial charge in [0.15, 0.2) is 11.5 Å². The first-order chi connectivity index (χ1) is 13.5. The van der Waals surface area contributed by atoms with Crippen LogP contribution < -0.4 is 14.8 Å². The fraction of sp³-hybridized carbons (Fsp3) is 0.520. The van der Waals surface area contributed by atoms with E-state index in [0.717, 1.165) is 24.1 Å². The zero-order valence-electron chi connectivity index (χ0n) is 19.0. The van der Waals surface area contributed by atoms with Crippen molar-refractivity contribution in [2.75, 3.05) is 6.61 Å². The largest absolute Gasteiger partial charge is 0.490 e. The highest BCUT2D eigenvalue weighted by molar-refractivity contribution is 6.32. The highest BCUT2D eigenvalue weighted by atomic mass is 35.5. The van der Waals surface area contributed by atoms with Crippen molar-refractivity contribution in [1.82, 2.24) is 5.32 Å². The first-order valence-corrected chi connectivity index (χ1v) is 10.8. The average molecular weight is 418 g/mol. The van der Waals surface area contributed by atoms with Crippen LogP contribution in [0.1, 0.15) is 64.7 Å². The van der Waals surface area contributed by atoms with E-state index in [1.165, 1.54) is 5.56 Å². The highest BCUT2D eigenvalue weighted by Gasteiger charge is 2.25. The number of ether oxygens (including phenoxy) is 2. The third-order valence-electron chi connectivity index (χ3n) is 4.62. The zero-order valence-corrected chi connectivity index (χ0v) is 19.7. The van der Waals surface area contributed by atoms with Crippen molar-refractivity contribution in [2.24, 2.45) is 5.41 Å². The zero-order chi connectivity index (χ0) is 21.7. The van der Waals surface area contributed by atoms with Crippen LogP contribution in [0, 0.1) is 12.3 Å². The predicted octanol–water partition coefficient (Wildman–Crippen LogP) is 6.93. The Morgan fingerprint density at radius 1 is 0.931 bits per heavy atom. The number of aryl methyl sites for hydroxylation is 1. The molecule has 0 fully saturated rings. The summed E-state index contributed by atoms with van der Waals surface area (Å²) < 4.78 is 11.9. The molecule has 0 unspecified atom stereocenters. The standard InChI is InChI=1S/C25H36ClNO2/c1-8-28-22-14-20(15-27-25(6,7)17-24(3,4)5)13-21(26)23(22)29-16-19-11-9-18(2)10-12-19/h9-14,27H,8,15-17H2,1-7H3. The van der Waals surface area contributed by atoms with E-state index in [1.54, 1.807) is 0 Å². The molecule has 0 aliphatic rings. The summed E-state index contributed by atoms with van der Waals surface area (Å²) in [5, 5.41) is 4.23. The molecule has 0 spiro atoms. The second-order valence-corrected chi connectivity index (χ2v) is 9.99. The normalized spacial score (nSPS) is 12.1. The van der Waals surface area contributed by atoms with E-state index >= 15 is 0 Å². The molecule has 0 saturated carbocycles. The minimum absolute atomic E-state index is 0.0249. The molecule has 0 radical (unpaired) electrons. The van der Waals surface area contributed by atoms with Crippen LogP contribution in [0.2, 0.25) is 5.02 Å². The first-order valence-electron chi connectivity index (χ1n) is 10.4. The Kier molecular flexibility index (Phi) is 8.02. The summed E-state index contributed by atoms with van der Waals surface area (Å²) in [7, 11) is 0. The maximum Gasteiger partial charge on any atom is 0.180 e. The van der Waals surface area contributed by atoms with Gasteiger partial charge in [-0.15, -0.1) is 0 Å². The van der Waals surface area contributed by atoms with E-state index in [1.807, 2.05) is 19.1 Å².